The summed E-state index contributed by atoms with van der Waals surface area (Å²) in [5, 5.41) is 8.17. The van der Waals surface area contributed by atoms with Gasteiger partial charge in [-0.3, -0.25) is 9.38 Å². The first-order valence-corrected chi connectivity index (χ1v) is 5.35. The highest BCUT2D eigenvalue weighted by Crippen LogP contribution is 2.23. The highest BCUT2D eigenvalue weighted by atomic mass is 35.5. The van der Waals surface area contributed by atoms with Crippen molar-refractivity contribution in [2.45, 2.75) is 32.1 Å². The summed E-state index contributed by atoms with van der Waals surface area (Å²) in [6.45, 7) is 5.92. The van der Waals surface area contributed by atoms with Crippen molar-refractivity contribution in [1.29, 1.82) is 0 Å². The standard InChI is InChI=1S/C10H13ClN4/c1-6(7(2)11)9-10-14-13-8(3)15(10)5-4-12-9/h4-7H,1-3H3. The quantitative estimate of drug-likeness (QED) is 0.735. The van der Waals surface area contributed by atoms with E-state index in [0.717, 1.165) is 17.2 Å². The Morgan fingerprint density at radius 3 is 2.73 bits per heavy atom. The molecule has 0 aliphatic rings. The van der Waals surface area contributed by atoms with Gasteiger partial charge in [0.15, 0.2) is 5.65 Å². The first kappa shape index (κ1) is 10.4. The Kier molecular flexibility index (Phi) is 2.61. The molecule has 5 heteroatoms. The second-order valence-electron chi connectivity index (χ2n) is 3.72. The van der Waals surface area contributed by atoms with Gasteiger partial charge in [-0.1, -0.05) is 6.92 Å². The van der Waals surface area contributed by atoms with Gasteiger partial charge in [-0.25, -0.2) is 0 Å². The molecule has 0 saturated heterocycles. The second kappa shape index (κ2) is 3.77. The van der Waals surface area contributed by atoms with Gasteiger partial charge in [0.2, 0.25) is 0 Å². The van der Waals surface area contributed by atoms with Gasteiger partial charge in [0, 0.05) is 23.7 Å². The number of aromatic nitrogens is 4. The summed E-state index contributed by atoms with van der Waals surface area (Å²) >= 11 is 6.07. The number of rotatable bonds is 2. The van der Waals surface area contributed by atoms with E-state index in [2.05, 4.69) is 15.2 Å². The van der Waals surface area contributed by atoms with Crippen molar-refractivity contribution in [3.8, 4) is 0 Å². The van der Waals surface area contributed by atoms with Crippen LogP contribution in [0.4, 0.5) is 0 Å². The van der Waals surface area contributed by atoms with E-state index in [1.807, 2.05) is 31.4 Å². The Balaban J connectivity index is 2.61. The van der Waals surface area contributed by atoms with E-state index >= 15 is 0 Å². The molecule has 0 amide bonds. The van der Waals surface area contributed by atoms with Gasteiger partial charge < -0.3 is 0 Å². The van der Waals surface area contributed by atoms with E-state index in [-0.39, 0.29) is 11.3 Å². The van der Waals surface area contributed by atoms with Crippen LogP contribution in [-0.2, 0) is 0 Å². The van der Waals surface area contributed by atoms with Gasteiger partial charge in [-0.15, -0.1) is 21.8 Å². The zero-order valence-corrected chi connectivity index (χ0v) is 9.73. The lowest BCUT2D eigenvalue weighted by Gasteiger charge is -2.13. The minimum absolute atomic E-state index is 0.0284. The predicted octanol–water partition coefficient (Wildman–Crippen LogP) is 2.16. The minimum Gasteiger partial charge on any atom is -0.284 e. The lowest BCUT2D eigenvalue weighted by molar-refractivity contribution is 0.715. The summed E-state index contributed by atoms with van der Waals surface area (Å²) in [6, 6.07) is 0. The van der Waals surface area contributed by atoms with Crippen LogP contribution in [0, 0.1) is 6.92 Å². The highest BCUT2D eigenvalue weighted by molar-refractivity contribution is 6.20. The summed E-state index contributed by atoms with van der Waals surface area (Å²) in [4.78, 5) is 4.33. The van der Waals surface area contributed by atoms with Crippen LogP contribution < -0.4 is 0 Å². The number of hydrogen-bond donors (Lipinski definition) is 0. The van der Waals surface area contributed by atoms with Gasteiger partial charge in [-0.2, -0.15) is 0 Å². The number of aryl methyl sites for hydroxylation is 1. The maximum absolute atomic E-state index is 6.07. The third-order valence-electron chi connectivity index (χ3n) is 2.65. The van der Waals surface area contributed by atoms with Crippen LogP contribution in [0.25, 0.3) is 5.65 Å². The molecule has 2 heterocycles. The molecule has 80 valence electrons. The van der Waals surface area contributed by atoms with Crippen LogP contribution in [-0.4, -0.2) is 25.0 Å². The van der Waals surface area contributed by atoms with Crippen molar-refractivity contribution >= 4 is 17.2 Å². The molecule has 2 aromatic rings. The molecule has 0 aliphatic carbocycles. The summed E-state index contributed by atoms with van der Waals surface area (Å²) in [6.07, 6.45) is 3.62. The molecule has 0 aromatic carbocycles. The van der Waals surface area contributed by atoms with E-state index < -0.39 is 0 Å². The number of halogens is 1. The van der Waals surface area contributed by atoms with Crippen molar-refractivity contribution < 1.29 is 0 Å². The largest absolute Gasteiger partial charge is 0.284 e. The minimum atomic E-state index is 0.0284. The number of alkyl halides is 1. The van der Waals surface area contributed by atoms with Gasteiger partial charge in [0.1, 0.15) is 5.82 Å². The molecule has 15 heavy (non-hydrogen) atoms. The van der Waals surface area contributed by atoms with Crippen molar-refractivity contribution in [3.63, 3.8) is 0 Å². The zero-order valence-electron chi connectivity index (χ0n) is 8.98. The molecule has 2 aromatic heterocycles. The van der Waals surface area contributed by atoms with E-state index in [4.69, 9.17) is 11.6 Å². The molecule has 0 N–H and O–H groups in total. The fraction of sp³-hybridized carbons (Fsp3) is 0.500. The zero-order chi connectivity index (χ0) is 11.0. The van der Waals surface area contributed by atoms with Crippen molar-refractivity contribution in [2.24, 2.45) is 0 Å². The molecule has 2 atom stereocenters. The van der Waals surface area contributed by atoms with Gasteiger partial charge >= 0.3 is 0 Å². The Bertz CT molecular complexity index is 477. The number of fused-ring (bicyclic) bond motifs is 1. The fourth-order valence-corrected chi connectivity index (χ4v) is 1.62. The van der Waals surface area contributed by atoms with E-state index in [1.54, 1.807) is 6.20 Å². The molecule has 0 aliphatic heterocycles. The lowest BCUT2D eigenvalue weighted by Crippen LogP contribution is -2.09. The first-order valence-electron chi connectivity index (χ1n) is 4.91. The van der Waals surface area contributed by atoms with Crippen molar-refractivity contribution in [3.05, 3.63) is 23.9 Å². The number of hydrogen-bond acceptors (Lipinski definition) is 3. The topological polar surface area (TPSA) is 43.1 Å². The Hall–Kier alpha value is -1.16. The predicted molar refractivity (Wildman–Crippen MR) is 59.2 cm³/mol. The molecule has 4 nitrogen and oxygen atoms in total. The van der Waals surface area contributed by atoms with E-state index in [1.165, 1.54) is 0 Å². The maximum Gasteiger partial charge on any atom is 0.182 e. The summed E-state index contributed by atoms with van der Waals surface area (Å²) in [5.74, 6) is 1.03. The van der Waals surface area contributed by atoms with E-state index in [9.17, 15) is 0 Å². The van der Waals surface area contributed by atoms with Crippen LogP contribution >= 0.6 is 11.6 Å². The normalized spacial score (nSPS) is 15.5. The molecular weight excluding hydrogens is 212 g/mol. The average molecular weight is 225 g/mol. The lowest BCUT2D eigenvalue weighted by atomic mass is 10.0. The van der Waals surface area contributed by atoms with Gasteiger partial charge in [0.05, 0.1) is 5.69 Å². The Morgan fingerprint density at radius 1 is 1.33 bits per heavy atom. The molecule has 0 saturated carbocycles. The van der Waals surface area contributed by atoms with Crippen molar-refractivity contribution in [1.82, 2.24) is 19.6 Å². The summed E-state index contributed by atoms with van der Waals surface area (Å²) in [7, 11) is 0. The van der Waals surface area contributed by atoms with E-state index in [0.29, 0.717) is 0 Å². The van der Waals surface area contributed by atoms with Crippen LogP contribution in [0.2, 0.25) is 0 Å². The molecule has 0 radical (unpaired) electrons. The number of nitrogens with zero attached hydrogens (tertiary/aromatic N) is 4. The van der Waals surface area contributed by atoms with Crippen LogP contribution in [0.1, 0.15) is 31.3 Å². The maximum atomic E-state index is 6.07. The highest BCUT2D eigenvalue weighted by Gasteiger charge is 2.18. The SMILES string of the molecule is Cc1nnc2c(C(C)C(C)Cl)nccn12. The molecule has 2 rings (SSSR count). The Morgan fingerprint density at radius 2 is 2.07 bits per heavy atom. The second-order valence-corrected chi connectivity index (χ2v) is 4.41. The molecule has 0 spiro atoms. The van der Waals surface area contributed by atoms with Crippen LogP contribution in [0.3, 0.4) is 0 Å². The third kappa shape index (κ3) is 1.69. The molecular formula is C10H13ClN4. The fourth-order valence-electron chi connectivity index (χ4n) is 1.50. The summed E-state index contributed by atoms with van der Waals surface area (Å²) in [5.41, 5.74) is 1.70. The molecule has 2 unspecified atom stereocenters. The summed E-state index contributed by atoms with van der Waals surface area (Å²) < 4.78 is 1.93. The monoisotopic (exact) mass is 224 g/mol. The molecule has 0 bridgehead atoms. The first-order chi connectivity index (χ1) is 7.11. The Labute approximate surface area is 93.3 Å². The van der Waals surface area contributed by atoms with Crippen LogP contribution in [0.5, 0.6) is 0 Å². The van der Waals surface area contributed by atoms with Gasteiger partial charge in [-0.05, 0) is 13.8 Å². The average Bonchev–Trinajstić information content (AvgIpc) is 2.59. The van der Waals surface area contributed by atoms with Gasteiger partial charge in [0.25, 0.3) is 0 Å². The smallest absolute Gasteiger partial charge is 0.182 e. The van der Waals surface area contributed by atoms with Crippen LogP contribution in [0.15, 0.2) is 12.4 Å². The van der Waals surface area contributed by atoms with Crippen molar-refractivity contribution in [2.75, 3.05) is 0 Å². The third-order valence-corrected chi connectivity index (χ3v) is 3.02. The molecule has 0 fully saturated rings.